The van der Waals surface area contributed by atoms with Crippen LogP contribution >= 0.6 is 22.7 Å². The molecule has 12 aromatic rings. The third kappa shape index (κ3) is 4.68. The van der Waals surface area contributed by atoms with Crippen LogP contribution in [0.25, 0.3) is 111 Å². The van der Waals surface area contributed by atoms with Gasteiger partial charge >= 0.3 is 6.18 Å². The van der Waals surface area contributed by atoms with E-state index in [-0.39, 0.29) is 11.3 Å². The summed E-state index contributed by atoms with van der Waals surface area (Å²) in [7, 11) is 0. The van der Waals surface area contributed by atoms with E-state index in [2.05, 4.69) is 86.8 Å². The topological polar surface area (TPSA) is 14.2 Å². The number of rotatable bonds is 3. The summed E-state index contributed by atoms with van der Waals surface area (Å²) in [6.07, 6.45) is -4.64. The second kappa shape index (κ2) is 12.3. The zero-order valence-electron chi connectivity index (χ0n) is 31.2. The first-order valence-corrected chi connectivity index (χ1v) is 20.8. The van der Waals surface area contributed by atoms with Gasteiger partial charge in [0.05, 0.1) is 55.0 Å². The van der Waals surface area contributed by atoms with E-state index in [0.717, 1.165) is 90.0 Å². The Bertz CT molecular complexity index is 3810. The first kappa shape index (κ1) is 34.1. The number of aryl methyl sites for hydroxylation is 1. The van der Waals surface area contributed by atoms with Crippen molar-refractivity contribution in [1.29, 1.82) is 0 Å². The second-order valence-electron chi connectivity index (χ2n) is 15.0. The van der Waals surface area contributed by atoms with E-state index in [1.54, 1.807) is 35.7 Å². The van der Waals surface area contributed by atoms with Crippen LogP contribution in [0.15, 0.2) is 152 Å². The van der Waals surface area contributed by atoms with Gasteiger partial charge in [-0.15, -0.1) is 22.7 Å². The van der Waals surface area contributed by atoms with E-state index in [1.807, 2.05) is 60.7 Å². The molecule has 0 unspecified atom stereocenters. The third-order valence-electron chi connectivity index (χ3n) is 11.9. The van der Waals surface area contributed by atoms with Gasteiger partial charge in [0.1, 0.15) is 0 Å². The molecule has 3 nitrogen and oxygen atoms in total. The summed E-state index contributed by atoms with van der Waals surface area (Å²) in [5.74, 6) is 0. The minimum absolute atomic E-state index is 0.0648. The molecule has 0 bridgehead atoms. The molecule has 0 aliphatic carbocycles. The van der Waals surface area contributed by atoms with E-state index in [1.165, 1.54) is 6.07 Å². The molecule has 0 fully saturated rings. The number of para-hydroxylation sites is 2. The SMILES string of the molecule is [C-]#[N+]c1c(-n2c3ccccc3c3ccc4c5ccccc5sc4c32)ccc(-c2c(C)cccc2C(F)(F)F)c1-n1c2ccccc2c2ccc3c4ccccc4sc3c21. The van der Waals surface area contributed by atoms with Crippen LogP contribution in [0.1, 0.15) is 11.1 Å². The maximum absolute atomic E-state index is 15.2. The largest absolute Gasteiger partial charge is 0.417 e. The number of nitrogens with zero attached hydrogens (tertiary/aromatic N) is 3. The average molecular weight is 804 g/mol. The van der Waals surface area contributed by atoms with Gasteiger partial charge in [0.15, 0.2) is 0 Å². The first-order valence-electron chi connectivity index (χ1n) is 19.2. The molecule has 59 heavy (non-hydrogen) atoms. The smallest absolute Gasteiger partial charge is 0.318 e. The molecule has 280 valence electrons. The van der Waals surface area contributed by atoms with Crippen molar-refractivity contribution in [3.63, 3.8) is 0 Å². The molecule has 0 atom stereocenters. The van der Waals surface area contributed by atoms with Crippen LogP contribution in [-0.4, -0.2) is 9.13 Å². The Morgan fingerprint density at radius 2 is 1.02 bits per heavy atom. The van der Waals surface area contributed by atoms with E-state index in [0.29, 0.717) is 22.5 Å². The molecule has 8 heteroatoms. The fraction of sp³-hybridized carbons (Fsp3) is 0.0392. The number of thiophene rings is 2. The summed E-state index contributed by atoms with van der Waals surface area (Å²) in [4.78, 5) is 4.40. The molecule has 0 spiro atoms. The Morgan fingerprint density at radius 1 is 0.508 bits per heavy atom. The lowest BCUT2D eigenvalue weighted by molar-refractivity contribution is -0.137. The van der Waals surface area contributed by atoms with Gasteiger partial charge in [0.2, 0.25) is 5.69 Å². The van der Waals surface area contributed by atoms with Crippen LogP contribution in [0.2, 0.25) is 0 Å². The van der Waals surface area contributed by atoms with Crippen molar-refractivity contribution in [1.82, 2.24) is 9.13 Å². The number of hydrogen-bond acceptors (Lipinski definition) is 2. The van der Waals surface area contributed by atoms with Crippen molar-refractivity contribution in [3.8, 4) is 22.5 Å². The van der Waals surface area contributed by atoms with Crippen molar-refractivity contribution in [2.24, 2.45) is 0 Å². The minimum atomic E-state index is -4.64. The van der Waals surface area contributed by atoms with Gasteiger partial charge in [-0.2, -0.15) is 13.2 Å². The highest BCUT2D eigenvalue weighted by molar-refractivity contribution is 7.27. The maximum Gasteiger partial charge on any atom is 0.417 e. The van der Waals surface area contributed by atoms with E-state index < -0.39 is 11.7 Å². The van der Waals surface area contributed by atoms with Gasteiger partial charge in [-0.05, 0) is 60.0 Å². The highest BCUT2D eigenvalue weighted by Crippen LogP contribution is 2.52. The number of benzene rings is 8. The Kier molecular flexibility index (Phi) is 7.12. The van der Waals surface area contributed by atoms with Crippen LogP contribution in [0, 0.1) is 13.5 Å². The van der Waals surface area contributed by atoms with Crippen LogP contribution in [0.4, 0.5) is 18.9 Å². The first-order chi connectivity index (χ1) is 28.8. The van der Waals surface area contributed by atoms with Crippen molar-refractivity contribution < 1.29 is 13.2 Å². The van der Waals surface area contributed by atoms with Gasteiger partial charge in [0, 0.05) is 52.5 Å². The summed E-state index contributed by atoms with van der Waals surface area (Å²) in [6.45, 7) is 10.9. The Morgan fingerprint density at radius 3 is 1.59 bits per heavy atom. The number of fused-ring (bicyclic) bond motifs is 14. The van der Waals surface area contributed by atoms with Crippen molar-refractivity contribution in [2.45, 2.75) is 13.1 Å². The second-order valence-corrected chi connectivity index (χ2v) is 17.1. The summed E-state index contributed by atoms with van der Waals surface area (Å²) in [6, 6.07) is 49.5. The van der Waals surface area contributed by atoms with Gasteiger partial charge < -0.3 is 9.13 Å². The van der Waals surface area contributed by atoms with Gasteiger partial charge in [-0.1, -0.05) is 115 Å². The van der Waals surface area contributed by atoms with Crippen molar-refractivity contribution in [2.75, 3.05) is 0 Å². The average Bonchev–Trinajstić information content (AvgIpc) is 4.00. The Balaban J connectivity index is 1.32. The molecule has 0 N–H and O–H groups in total. The van der Waals surface area contributed by atoms with E-state index >= 15 is 13.2 Å². The van der Waals surface area contributed by atoms with E-state index in [9.17, 15) is 0 Å². The summed E-state index contributed by atoms with van der Waals surface area (Å²) in [5, 5.41) is 8.45. The number of hydrogen-bond donors (Lipinski definition) is 0. The summed E-state index contributed by atoms with van der Waals surface area (Å²) < 4.78 is 54.3. The molecular weight excluding hydrogens is 776 g/mol. The van der Waals surface area contributed by atoms with Gasteiger partial charge in [-0.3, -0.25) is 0 Å². The van der Waals surface area contributed by atoms with E-state index in [4.69, 9.17) is 6.57 Å². The predicted octanol–water partition coefficient (Wildman–Crippen LogP) is 16.2. The van der Waals surface area contributed by atoms with Crippen LogP contribution in [-0.2, 0) is 6.18 Å². The fourth-order valence-corrected chi connectivity index (χ4v) is 12.0. The molecule has 12 rings (SSSR count). The zero-order valence-corrected chi connectivity index (χ0v) is 32.9. The van der Waals surface area contributed by atoms with Crippen molar-refractivity contribution in [3.05, 3.63) is 174 Å². The fourth-order valence-electron chi connectivity index (χ4n) is 9.49. The van der Waals surface area contributed by atoms with Crippen LogP contribution in [0.5, 0.6) is 0 Å². The minimum Gasteiger partial charge on any atom is -0.318 e. The van der Waals surface area contributed by atoms with Crippen molar-refractivity contribution >= 4 is 112 Å². The van der Waals surface area contributed by atoms with Crippen LogP contribution < -0.4 is 0 Å². The third-order valence-corrected chi connectivity index (χ3v) is 14.3. The molecule has 0 aliphatic rings. The lowest BCUT2D eigenvalue weighted by Crippen LogP contribution is -2.10. The molecule has 0 saturated carbocycles. The molecule has 0 amide bonds. The number of halogens is 3. The lowest BCUT2D eigenvalue weighted by atomic mass is 9.92. The summed E-state index contributed by atoms with van der Waals surface area (Å²) in [5.41, 5.74) is 4.99. The standard InChI is InChI=1S/C51H28F3N3S2/c1-28-12-11-17-38(51(52,53)54)44(28)37-26-27-41(56-39-18-7-3-13-29(39)33-22-24-35-31-15-5-9-20-42(31)58-49(35)47(33)56)45(55-2)46(37)57-40-19-8-4-14-30(40)34-23-25-36-32-16-6-10-21-43(32)59-50(36)48(34)57/h3-27H,1H3. The molecule has 4 heterocycles. The van der Waals surface area contributed by atoms with Gasteiger partial charge in [0.25, 0.3) is 0 Å². The molecule has 8 aromatic carbocycles. The lowest BCUT2D eigenvalue weighted by Gasteiger charge is -2.23. The molecule has 0 saturated heterocycles. The predicted molar refractivity (Wildman–Crippen MR) is 242 cm³/mol. The zero-order chi connectivity index (χ0) is 39.7. The monoisotopic (exact) mass is 803 g/mol. The molecule has 0 aliphatic heterocycles. The van der Waals surface area contributed by atoms with Gasteiger partial charge in [-0.25, -0.2) is 4.85 Å². The highest BCUT2D eigenvalue weighted by atomic mass is 32.1. The quantitative estimate of drug-likeness (QED) is 0.158. The summed E-state index contributed by atoms with van der Waals surface area (Å²) >= 11 is 3.39. The Labute approximate surface area is 342 Å². The normalized spacial score (nSPS) is 12.4. The van der Waals surface area contributed by atoms with Crippen LogP contribution in [0.3, 0.4) is 0 Å². The molecule has 4 aromatic heterocycles. The number of alkyl halides is 3. The maximum atomic E-state index is 15.2. The highest BCUT2D eigenvalue weighted by Gasteiger charge is 2.36. The molecular formula is C51H28F3N3S2. The molecule has 0 radical (unpaired) electrons. The Hall–Kier alpha value is -6.92. The number of aromatic nitrogens is 2.